The average Bonchev–Trinajstić information content (AvgIpc) is 3.22. The third-order valence-corrected chi connectivity index (χ3v) is 5.41. The minimum Gasteiger partial charge on any atom is -0.497 e. The first-order valence-electron chi connectivity index (χ1n) is 7.87. The van der Waals surface area contributed by atoms with Gasteiger partial charge in [-0.25, -0.2) is 0 Å². The molecule has 0 N–H and O–H groups in total. The van der Waals surface area contributed by atoms with Gasteiger partial charge in [-0.2, -0.15) is 0 Å². The monoisotopic (exact) mass is 327 g/mol. The number of nitrogens with zero attached hydrogens (tertiary/aromatic N) is 1. The van der Waals surface area contributed by atoms with Gasteiger partial charge in [0.25, 0.3) is 0 Å². The van der Waals surface area contributed by atoms with Crippen LogP contribution in [0.25, 0.3) is 6.08 Å². The van der Waals surface area contributed by atoms with Crippen LogP contribution < -0.4 is 9.64 Å². The summed E-state index contributed by atoms with van der Waals surface area (Å²) in [4.78, 5) is 16.1. The Morgan fingerprint density at radius 2 is 2.09 bits per heavy atom. The number of amides is 1. The Hall–Kier alpha value is -2.07. The molecule has 1 aromatic heterocycles. The summed E-state index contributed by atoms with van der Waals surface area (Å²) in [5.74, 6) is 0.998. The van der Waals surface area contributed by atoms with Gasteiger partial charge in [0.2, 0.25) is 5.91 Å². The SMILES string of the molecule is CC[C@@]1(/C=C/c2cccs2)CCN(c2ccc(OC)cc2)C1=O. The number of benzene rings is 1. The van der Waals surface area contributed by atoms with Crippen LogP contribution in [0.4, 0.5) is 5.69 Å². The molecular formula is C19H21NO2S. The average molecular weight is 327 g/mol. The molecule has 2 aromatic rings. The largest absolute Gasteiger partial charge is 0.497 e. The number of rotatable bonds is 5. The van der Waals surface area contributed by atoms with Crippen molar-refractivity contribution in [3.05, 3.63) is 52.7 Å². The van der Waals surface area contributed by atoms with Crippen LogP contribution >= 0.6 is 11.3 Å². The van der Waals surface area contributed by atoms with Crippen molar-refractivity contribution in [2.75, 3.05) is 18.6 Å². The first-order chi connectivity index (χ1) is 11.2. The smallest absolute Gasteiger partial charge is 0.237 e. The number of ether oxygens (including phenoxy) is 1. The number of carbonyl (C=O) groups excluding carboxylic acids is 1. The number of anilines is 1. The van der Waals surface area contributed by atoms with E-state index in [1.807, 2.05) is 35.2 Å². The zero-order valence-electron chi connectivity index (χ0n) is 13.5. The number of methoxy groups -OCH3 is 1. The molecule has 1 aromatic carbocycles. The van der Waals surface area contributed by atoms with Crippen molar-refractivity contribution < 1.29 is 9.53 Å². The van der Waals surface area contributed by atoms with Gasteiger partial charge in [-0.05, 0) is 54.6 Å². The van der Waals surface area contributed by atoms with Crippen molar-refractivity contribution >= 4 is 29.0 Å². The van der Waals surface area contributed by atoms with Crippen LogP contribution in [0.5, 0.6) is 5.75 Å². The maximum atomic E-state index is 13.0. The zero-order chi connectivity index (χ0) is 16.3. The molecular weight excluding hydrogens is 306 g/mol. The van der Waals surface area contributed by atoms with Gasteiger partial charge in [0.15, 0.2) is 0 Å². The predicted molar refractivity (Wildman–Crippen MR) is 96.0 cm³/mol. The Kier molecular flexibility index (Phi) is 4.53. The summed E-state index contributed by atoms with van der Waals surface area (Å²) in [6.07, 6.45) is 5.87. The number of hydrogen-bond acceptors (Lipinski definition) is 3. The van der Waals surface area contributed by atoms with Gasteiger partial charge >= 0.3 is 0 Å². The molecule has 0 unspecified atom stereocenters. The van der Waals surface area contributed by atoms with Gasteiger partial charge in [-0.1, -0.05) is 19.1 Å². The molecule has 1 atom stereocenters. The van der Waals surface area contributed by atoms with Gasteiger partial charge in [0.05, 0.1) is 12.5 Å². The zero-order valence-corrected chi connectivity index (χ0v) is 14.3. The van der Waals surface area contributed by atoms with E-state index < -0.39 is 0 Å². The van der Waals surface area contributed by atoms with E-state index in [2.05, 4.69) is 30.5 Å². The lowest BCUT2D eigenvalue weighted by atomic mass is 9.83. The maximum absolute atomic E-state index is 13.0. The van der Waals surface area contributed by atoms with Crippen molar-refractivity contribution in [1.82, 2.24) is 0 Å². The minimum atomic E-state index is -0.385. The standard InChI is InChI=1S/C19H21NO2S/c1-3-19(11-10-17-5-4-14-23-17)12-13-20(18(19)21)15-6-8-16(22-2)9-7-15/h4-11,14H,3,12-13H2,1-2H3/b11-10+/t19-/m1/s1. The lowest BCUT2D eigenvalue weighted by Gasteiger charge is -2.23. The normalized spacial score (nSPS) is 21.3. The lowest BCUT2D eigenvalue weighted by molar-refractivity contribution is -0.123. The van der Waals surface area contributed by atoms with Crippen LogP contribution in [0.1, 0.15) is 24.6 Å². The molecule has 23 heavy (non-hydrogen) atoms. The number of thiophene rings is 1. The summed E-state index contributed by atoms with van der Waals surface area (Å²) >= 11 is 1.69. The van der Waals surface area contributed by atoms with E-state index in [-0.39, 0.29) is 11.3 Å². The second-order valence-corrected chi connectivity index (χ2v) is 6.74. The van der Waals surface area contributed by atoms with Crippen molar-refractivity contribution in [2.45, 2.75) is 19.8 Å². The molecule has 0 radical (unpaired) electrons. The van der Waals surface area contributed by atoms with Gasteiger partial charge in [0.1, 0.15) is 5.75 Å². The Balaban J connectivity index is 1.82. The van der Waals surface area contributed by atoms with Crippen LogP contribution in [-0.2, 0) is 4.79 Å². The molecule has 2 heterocycles. The van der Waals surface area contributed by atoms with Crippen LogP contribution in [0, 0.1) is 5.41 Å². The van der Waals surface area contributed by atoms with Gasteiger partial charge < -0.3 is 9.64 Å². The Morgan fingerprint density at radius 3 is 2.70 bits per heavy atom. The van der Waals surface area contributed by atoms with E-state index in [9.17, 15) is 4.79 Å². The minimum absolute atomic E-state index is 0.193. The first kappa shape index (κ1) is 15.8. The summed E-state index contributed by atoms with van der Waals surface area (Å²) < 4.78 is 5.19. The summed E-state index contributed by atoms with van der Waals surface area (Å²) in [7, 11) is 1.65. The molecule has 120 valence electrons. The fraction of sp³-hybridized carbons (Fsp3) is 0.316. The van der Waals surface area contributed by atoms with Crippen LogP contribution in [0.3, 0.4) is 0 Å². The summed E-state index contributed by atoms with van der Waals surface area (Å²) in [6, 6.07) is 11.8. The van der Waals surface area contributed by atoms with Crippen LogP contribution in [0.2, 0.25) is 0 Å². The second-order valence-electron chi connectivity index (χ2n) is 5.76. The van der Waals surface area contributed by atoms with Crippen molar-refractivity contribution in [3.63, 3.8) is 0 Å². The third kappa shape index (κ3) is 3.04. The van der Waals surface area contributed by atoms with E-state index in [1.165, 1.54) is 4.88 Å². The molecule has 0 aliphatic carbocycles. The Morgan fingerprint density at radius 1 is 1.30 bits per heavy atom. The molecule has 1 fully saturated rings. The van der Waals surface area contributed by atoms with Crippen LogP contribution in [-0.4, -0.2) is 19.6 Å². The molecule has 0 bridgehead atoms. The highest BCUT2D eigenvalue weighted by atomic mass is 32.1. The molecule has 1 aliphatic rings. The fourth-order valence-corrected chi connectivity index (χ4v) is 3.64. The van der Waals surface area contributed by atoms with Gasteiger partial charge in [0, 0.05) is 17.1 Å². The molecule has 4 heteroatoms. The maximum Gasteiger partial charge on any atom is 0.237 e. The number of hydrogen-bond donors (Lipinski definition) is 0. The molecule has 3 rings (SSSR count). The second kappa shape index (κ2) is 6.59. The molecule has 0 saturated carbocycles. The molecule has 1 amide bonds. The lowest BCUT2D eigenvalue weighted by Crippen LogP contribution is -2.33. The first-order valence-corrected chi connectivity index (χ1v) is 8.75. The quantitative estimate of drug-likeness (QED) is 0.803. The van der Waals surface area contributed by atoms with Crippen molar-refractivity contribution in [1.29, 1.82) is 0 Å². The highest BCUT2D eigenvalue weighted by Gasteiger charge is 2.43. The predicted octanol–water partition coefficient (Wildman–Crippen LogP) is 4.60. The molecule has 1 saturated heterocycles. The van der Waals surface area contributed by atoms with E-state index in [4.69, 9.17) is 4.74 Å². The van der Waals surface area contributed by atoms with E-state index in [0.717, 1.165) is 30.8 Å². The molecule has 3 nitrogen and oxygen atoms in total. The molecule has 1 aliphatic heterocycles. The number of carbonyl (C=O) groups is 1. The van der Waals surface area contributed by atoms with Gasteiger partial charge in [-0.3, -0.25) is 4.79 Å². The third-order valence-electron chi connectivity index (χ3n) is 4.58. The summed E-state index contributed by atoms with van der Waals surface area (Å²) in [6.45, 7) is 2.85. The van der Waals surface area contributed by atoms with E-state index in [1.54, 1.807) is 18.4 Å². The molecule has 0 spiro atoms. The topological polar surface area (TPSA) is 29.5 Å². The Bertz CT molecular complexity index is 691. The highest BCUT2D eigenvalue weighted by molar-refractivity contribution is 7.10. The van der Waals surface area contributed by atoms with Crippen molar-refractivity contribution in [3.8, 4) is 5.75 Å². The highest BCUT2D eigenvalue weighted by Crippen LogP contribution is 2.40. The Labute approximate surface area is 141 Å². The van der Waals surface area contributed by atoms with Gasteiger partial charge in [-0.15, -0.1) is 11.3 Å². The van der Waals surface area contributed by atoms with Crippen LogP contribution in [0.15, 0.2) is 47.9 Å². The van der Waals surface area contributed by atoms with E-state index in [0.29, 0.717) is 0 Å². The summed E-state index contributed by atoms with van der Waals surface area (Å²) in [5.41, 5.74) is 0.555. The fourth-order valence-electron chi connectivity index (χ4n) is 3.03. The van der Waals surface area contributed by atoms with Crippen molar-refractivity contribution in [2.24, 2.45) is 5.41 Å². The summed E-state index contributed by atoms with van der Waals surface area (Å²) in [5, 5.41) is 2.05. The van der Waals surface area contributed by atoms with E-state index >= 15 is 0 Å².